The predicted octanol–water partition coefficient (Wildman–Crippen LogP) is 4.89. The zero-order valence-corrected chi connectivity index (χ0v) is 16.0. The Morgan fingerprint density at radius 2 is 1.96 bits per heavy atom. The fourth-order valence-electron chi connectivity index (χ4n) is 4.00. The van der Waals surface area contributed by atoms with E-state index in [0.717, 1.165) is 37.8 Å². The summed E-state index contributed by atoms with van der Waals surface area (Å²) < 4.78 is 40.5. The van der Waals surface area contributed by atoms with Crippen molar-refractivity contribution in [1.82, 2.24) is 9.78 Å². The number of hydrogen-bond acceptors (Lipinski definition) is 3. The number of rotatable bonds is 4. The van der Waals surface area contributed by atoms with Crippen LogP contribution in [0.15, 0.2) is 24.4 Å². The number of alkyl halides is 3. The van der Waals surface area contributed by atoms with Crippen LogP contribution in [0, 0.1) is 5.92 Å². The van der Waals surface area contributed by atoms with Gasteiger partial charge in [-0.1, -0.05) is 17.7 Å². The third-order valence-corrected chi connectivity index (χ3v) is 5.89. The van der Waals surface area contributed by atoms with E-state index in [2.05, 4.69) is 5.10 Å². The third-order valence-electron chi connectivity index (χ3n) is 5.63. The summed E-state index contributed by atoms with van der Waals surface area (Å²) in [5, 5.41) is 13.7. The lowest BCUT2D eigenvalue weighted by molar-refractivity contribution is -0.137. The van der Waals surface area contributed by atoms with Gasteiger partial charge in [0.1, 0.15) is 5.02 Å². The number of carbonyl (C=O) groups excluding carboxylic acids is 1. The van der Waals surface area contributed by atoms with Crippen LogP contribution in [0.2, 0.25) is 5.02 Å². The monoisotopic (exact) mass is 415 g/mol. The van der Waals surface area contributed by atoms with E-state index in [-0.39, 0.29) is 34.3 Å². The van der Waals surface area contributed by atoms with Gasteiger partial charge in [-0.3, -0.25) is 9.48 Å². The molecule has 5 nitrogen and oxygen atoms in total. The van der Waals surface area contributed by atoms with Crippen molar-refractivity contribution in [3.63, 3.8) is 0 Å². The lowest BCUT2D eigenvalue weighted by Crippen LogP contribution is -2.24. The molecule has 1 aliphatic carbocycles. The maximum absolute atomic E-state index is 12.9. The van der Waals surface area contributed by atoms with Crippen LogP contribution < -0.4 is 5.73 Å². The molecule has 152 valence electrons. The summed E-state index contributed by atoms with van der Waals surface area (Å²) in [7, 11) is 0. The first kappa shape index (κ1) is 20.5. The highest BCUT2D eigenvalue weighted by Gasteiger charge is 2.34. The maximum Gasteiger partial charge on any atom is 0.416 e. The van der Waals surface area contributed by atoms with Crippen LogP contribution in [-0.4, -0.2) is 20.8 Å². The van der Waals surface area contributed by atoms with Gasteiger partial charge >= 0.3 is 6.18 Å². The van der Waals surface area contributed by atoms with Gasteiger partial charge in [0.15, 0.2) is 0 Å². The van der Waals surface area contributed by atoms with Crippen molar-refractivity contribution in [1.29, 1.82) is 0 Å². The molecule has 1 atom stereocenters. The Hall–Kier alpha value is -2.22. The van der Waals surface area contributed by atoms with E-state index in [9.17, 15) is 23.1 Å². The average Bonchev–Trinajstić information content (AvgIpc) is 2.98. The van der Waals surface area contributed by atoms with E-state index in [0.29, 0.717) is 5.56 Å². The summed E-state index contributed by atoms with van der Waals surface area (Å²) >= 11 is 5.85. The van der Waals surface area contributed by atoms with Crippen molar-refractivity contribution in [2.75, 3.05) is 0 Å². The first-order chi connectivity index (χ1) is 13.1. The van der Waals surface area contributed by atoms with Crippen molar-refractivity contribution in [2.24, 2.45) is 11.7 Å². The van der Waals surface area contributed by atoms with Crippen LogP contribution in [0.3, 0.4) is 0 Å². The molecule has 3 N–H and O–H groups in total. The summed E-state index contributed by atoms with van der Waals surface area (Å²) in [6.07, 6.45) is 0.122. The molecule has 0 bridgehead atoms. The molecule has 1 aliphatic rings. The number of hydrogen-bond donors (Lipinski definition) is 2. The molecule has 1 saturated carbocycles. The zero-order valence-electron chi connectivity index (χ0n) is 15.2. The number of aromatic hydroxyl groups is 1. The summed E-state index contributed by atoms with van der Waals surface area (Å²) in [5.74, 6) is -0.808. The number of halogens is 4. The number of amides is 1. The normalized spacial score (nSPS) is 21.5. The second-order valence-corrected chi connectivity index (χ2v) is 7.70. The summed E-state index contributed by atoms with van der Waals surface area (Å²) in [6, 6.07) is 3.25. The van der Waals surface area contributed by atoms with Crippen LogP contribution in [0.5, 0.6) is 5.88 Å². The van der Waals surface area contributed by atoms with Gasteiger partial charge in [-0.15, -0.1) is 5.10 Å². The quantitative estimate of drug-likeness (QED) is 0.745. The van der Waals surface area contributed by atoms with Gasteiger partial charge in [0.2, 0.25) is 11.8 Å². The molecule has 9 heteroatoms. The standard InChI is InChI=1S/C19H21ClF3N3O2/c1-10(26-9-16(20)18(28)25-26)11-2-4-12(5-3-11)14-7-6-13(19(21,22)23)8-15(14)17(24)27/h6-12H,2-5H2,1H3,(H2,24,27)(H,25,28). The van der Waals surface area contributed by atoms with Gasteiger partial charge in [-0.05, 0) is 62.1 Å². The number of primary amides is 1. The highest BCUT2D eigenvalue weighted by atomic mass is 35.5. The molecule has 1 aromatic heterocycles. The van der Waals surface area contributed by atoms with Crippen LogP contribution in [0.25, 0.3) is 0 Å². The van der Waals surface area contributed by atoms with Crippen LogP contribution >= 0.6 is 11.6 Å². The molecule has 28 heavy (non-hydrogen) atoms. The molecule has 1 aromatic carbocycles. The van der Waals surface area contributed by atoms with E-state index in [1.807, 2.05) is 6.92 Å². The van der Waals surface area contributed by atoms with Gasteiger partial charge < -0.3 is 10.8 Å². The highest BCUT2D eigenvalue weighted by molar-refractivity contribution is 6.31. The van der Waals surface area contributed by atoms with Gasteiger partial charge in [-0.2, -0.15) is 13.2 Å². The molecule has 1 fully saturated rings. The van der Waals surface area contributed by atoms with Crippen molar-refractivity contribution in [3.8, 4) is 5.88 Å². The third kappa shape index (κ3) is 4.11. The van der Waals surface area contributed by atoms with E-state index in [1.54, 1.807) is 10.9 Å². The number of nitrogens with zero attached hydrogens (tertiary/aromatic N) is 2. The highest BCUT2D eigenvalue weighted by Crippen LogP contribution is 2.42. The molecule has 3 rings (SSSR count). The SMILES string of the molecule is CC(C1CCC(c2ccc(C(F)(F)F)cc2C(N)=O)CC1)n1cc(Cl)c(O)n1. The van der Waals surface area contributed by atoms with Crippen molar-refractivity contribution >= 4 is 17.5 Å². The Bertz CT molecular complexity index is 854. The summed E-state index contributed by atoms with van der Waals surface area (Å²) in [6.45, 7) is 1.99. The smallest absolute Gasteiger partial charge is 0.416 e. The molecular formula is C19H21ClF3N3O2. The Morgan fingerprint density at radius 3 is 2.46 bits per heavy atom. The molecule has 0 saturated heterocycles. The number of carbonyl (C=O) groups is 1. The average molecular weight is 416 g/mol. The largest absolute Gasteiger partial charge is 0.491 e. The number of nitrogens with two attached hydrogens (primary N) is 1. The van der Waals surface area contributed by atoms with Crippen molar-refractivity contribution in [2.45, 2.75) is 50.7 Å². The Kier molecular flexibility index (Phi) is 5.61. The first-order valence-corrected chi connectivity index (χ1v) is 9.40. The lowest BCUT2D eigenvalue weighted by atomic mass is 9.75. The molecule has 0 spiro atoms. The van der Waals surface area contributed by atoms with Crippen LogP contribution in [0.1, 0.15) is 66.1 Å². The molecule has 2 aromatic rings. The van der Waals surface area contributed by atoms with Crippen molar-refractivity contribution < 1.29 is 23.1 Å². The second kappa shape index (κ2) is 7.66. The van der Waals surface area contributed by atoms with Gasteiger partial charge in [0, 0.05) is 11.8 Å². The Labute approximate surface area is 165 Å². The minimum Gasteiger partial charge on any atom is -0.491 e. The molecule has 0 radical (unpaired) electrons. The number of aromatic nitrogens is 2. The molecular weight excluding hydrogens is 395 g/mol. The van der Waals surface area contributed by atoms with Gasteiger partial charge in [-0.25, -0.2) is 0 Å². The molecule has 1 unspecified atom stereocenters. The molecule has 1 heterocycles. The summed E-state index contributed by atoms with van der Waals surface area (Å²) in [4.78, 5) is 11.7. The minimum atomic E-state index is -4.52. The maximum atomic E-state index is 12.9. The Balaban J connectivity index is 1.75. The van der Waals surface area contributed by atoms with E-state index in [1.165, 1.54) is 6.07 Å². The second-order valence-electron chi connectivity index (χ2n) is 7.30. The van der Waals surface area contributed by atoms with E-state index < -0.39 is 17.6 Å². The number of benzene rings is 1. The van der Waals surface area contributed by atoms with E-state index >= 15 is 0 Å². The van der Waals surface area contributed by atoms with Crippen LogP contribution in [-0.2, 0) is 6.18 Å². The van der Waals surface area contributed by atoms with Crippen molar-refractivity contribution in [3.05, 3.63) is 46.1 Å². The van der Waals surface area contributed by atoms with Crippen LogP contribution in [0.4, 0.5) is 13.2 Å². The fourth-order valence-corrected chi connectivity index (χ4v) is 4.14. The van der Waals surface area contributed by atoms with Gasteiger partial charge in [0.25, 0.3) is 0 Å². The topological polar surface area (TPSA) is 81.1 Å². The fraction of sp³-hybridized carbons (Fsp3) is 0.474. The van der Waals surface area contributed by atoms with E-state index in [4.69, 9.17) is 17.3 Å². The first-order valence-electron chi connectivity index (χ1n) is 9.02. The lowest BCUT2D eigenvalue weighted by Gasteiger charge is -2.33. The molecule has 1 amide bonds. The molecule has 0 aliphatic heterocycles. The van der Waals surface area contributed by atoms with Gasteiger partial charge in [0.05, 0.1) is 11.6 Å². The minimum absolute atomic E-state index is 0.0163. The summed E-state index contributed by atoms with van der Waals surface area (Å²) in [5.41, 5.74) is 4.99. The zero-order chi connectivity index (χ0) is 20.6. The Morgan fingerprint density at radius 1 is 1.32 bits per heavy atom. The predicted molar refractivity (Wildman–Crippen MR) is 98.3 cm³/mol.